The summed E-state index contributed by atoms with van der Waals surface area (Å²) in [7, 11) is 0. The molecule has 1 N–H and O–H groups in total. The van der Waals surface area contributed by atoms with Crippen LogP contribution in [-0.4, -0.2) is 22.6 Å². The first-order valence-corrected chi connectivity index (χ1v) is 12.2. The molecule has 0 radical (unpaired) electrons. The Kier molecular flexibility index (Phi) is 5.26. The molecule has 0 saturated heterocycles. The lowest BCUT2D eigenvalue weighted by atomic mass is 9.38. The van der Waals surface area contributed by atoms with Crippen LogP contribution in [0, 0.1) is 39.9 Å². The Hall–Kier alpha value is -1.58. The molecule has 1 heterocycles. The molecule has 0 spiro atoms. The number of esters is 1. The highest BCUT2D eigenvalue weighted by atomic mass is 16.6. The monoisotopic (exact) mass is 428 g/mol. The summed E-state index contributed by atoms with van der Waals surface area (Å²) in [6.07, 6.45) is 11.3. The summed E-state index contributed by atoms with van der Waals surface area (Å²) >= 11 is 0. The summed E-state index contributed by atoms with van der Waals surface area (Å²) in [5.74, 6) is 0.862. The number of allylic oxidation sites excluding steroid dienone is 1. The van der Waals surface area contributed by atoms with E-state index in [9.17, 15) is 14.7 Å². The van der Waals surface area contributed by atoms with Gasteiger partial charge in [-0.2, -0.15) is 0 Å². The quantitative estimate of drug-likeness (QED) is 0.420. The second-order valence-corrected chi connectivity index (χ2v) is 12.0. The van der Waals surface area contributed by atoms with Gasteiger partial charge in [0.1, 0.15) is 5.60 Å². The molecule has 1 aliphatic heterocycles. The molecule has 0 bridgehead atoms. The van der Waals surface area contributed by atoms with Crippen molar-refractivity contribution in [2.45, 2.75) is 91.6 Å². The normalized spacial score (nSPS) is 48.7. The molecule has 31 heavy (non-hydrogen) atoms. The van der Waals surface area contributed by atoms with Gasteiger partial charge in [0.15, 0.2) is 0 Å². The number of carboxylic acids is 1. The Morgan fingerprint density at radius 2 is 1.77 bits per heavy atom. The average molecular weight is 429 g/mol. The molecule has 4 nitrogen and oxygen atoms in total. The third-order valence-electron chi connectivity index (χ3n) is 10.7. The van der Waals surface area contributed by atoms with Crippen molar-refractivity contribution >= 4 is 11.9 Å². The van der Waals surface area contributed by atoms with E-state index in [4.69, 9.17) is 4.74 Å². The van der Waals surface area contributed by atoms with Crippen molar-refractivity contribution in [1.82, 2.24) is 0 Å². The maximum absolute atomic E-state index is 11.9. The van der Waals surface area contributed by atoms with Gasteiger partial charge in [-0.25, -0.2) is 4.79 Å². The Bertz CT molecular complexity index is 829. The predicted octanol–water partition coefficient (Wildman–Crippen LogP) is 6.16. The van der Waals surface area contributed by atoms with E-state index in [1.54, 1.807) is 6.08 Å². The third-order valence-corrected chi connectivity index (χ3v) is 10.7. The summed E-state index contributed by atoms with van der Waals surface area (Å²) in [5.41, 5.74) is 1.03. The van der Waals surface area contributed by atoms with E-state index in [0.717, 1.165) is 38.5 Å². The van der Waals surface area contributed by atoms with Crippen LogP contribution in [0.5, 0.6) is 0 Å². The first kappa shape index (κ1) is 22.6. The zero-order chi connectivity index (χ0) is 22.8. The van der Waals surface area contributed by atoms with Gasteiger partial charge in [0, 0.05) is 18.4 Å². The summed E-state index contributed by atoms with van der Waals surface area (Å²) in [5, 5.41) is 9.48. The van der Waals surface area contributed by atoms with E-state index in [0.29, 0.717) is 23.7 Å². The van der Waals surface area contributed by atoms with Crippen molar-refractivity contribution in [2.75, 3.05) is 0 Å². The number of rotatable bonds is 5. The van der Waals surface area contributed by atoms with Crippen molar-refractivity contribution in [3.05, 3.63) is 24.3 Å². The van der Waals surface area contributed by atoms with Crippen molar-refractivity contribution in [3.8, 4) is 0 Å². The lowest BCUT2D eigenvalue weighted by Gasteiger charge is -2.66. The zero-order valence-corrected chi connectivity index (χ0v) is 20.0. The fourth-order valence-corrected chi connectivity index (χ4v) is 9.05. The lowest BCUT2D eigenvalue weighted by Crippen LogP contribution is -2.60. The topological polar surface area (TPSA) is 63.6 Å². The van der Waals surface area contributed by atoms with Crippen LogP contribution < -0.4 is 0 Å². The van der Waals surface area contributed by atoms with Crippen molar-refractivity contribution in [3.63, 3.8) is 0 Å². The summed E-state index contributed by atoms with van der Waals surface area (Å²) in [6, 6.07) is 0. The molecule has 3 aliphatic carbocycles. The molecule has 8 unspecified atom stereocenters. The van der Waals surface area contributed by atoms with Crippen LogP contribution in [0.4, 0.5) is 0 Å². The molecule has 0 aromatic rings. The minimum atomic E-state index is -0.697. The number of ether oxygens (including phenoxy) is 1. The van der Waals surface area contributed by atoms with Crippen LogP contribution in [0.2, 0.25) is 0 Å². The molecular formula is C27H40O4. The van der Waals surface area contributed by atoms with Crippen LogP contribution in [0.15, 0.2) is 24.3 Å². The highest BCUT2D eigenvalue weighted by Crippen LogP contribution is 2.74. The number of cyclic esters (lactones) is 1. The standard InChI is InChI=1S/C27H40O4/c1-17(2)18-9-15-26(5)21(24(18,3)13-11-22(28)29)8-7-19-20(10-14-25(19,26)4)27(6)16-12-23(30)31-27/h12,16,18-21H,1,7-11,13-15H2,2-6H3,(H,28,29). The molecule has 3 fully saturated rings. The van der Waals surface area contributed by atoms with E-state index in [1.165, 1.54) is 12.0 Å². The van der Waals surface area contributed by atoms with E-state index >= 15 is 0 Å². The summed E-state index contributed by atoms with van der Waals surface area (Å²) in [6.45, 7) is 15.9. The Morgan fingerprint density at radius 1 is 1.10 bits per heavy atom. The van der Waals surface area contributed by atoms with Crippen molar-refractivity contribution in [1.29, 1.82) is 0 Å². The van der Waals surface area contributed by atoms with Gasteiger partial charge in [0.25, 0.3) is 0 Å². The lowest BCUT2D eigenvalue weighted by molar-refractivity contribution is -0.179. The van der Waals surface area contributed by atoms with E-state index < -0.39 is 11.6 Å². The number of hydrogen-bond donors (Lipinski definition) is 1. The van der Waals surface area contributed by atoms with E-state index in [1.807, 2.05) is 6.08 Å². The number of carbonyl (C=O) groups is 2. The second kappa shape index (κ2) is 7.22. The van der Waals surface area contributed by atoms with Crippen LogP contribution in [0.3, 0.4) is 0 Å². The van der Waals surface area contributed by atoms with Gasteiger partial charge < -0.3 is 9.84 Å². The van der Waals surface area contributed by atoms with E-state index in [-0.39, 0.29) is 28.6 Å². The largest absolute Gasteiger partial charge is 0.481 e. The Morgan fingerprint density at radius 3 is 2.35 bits per heavy atom. The van der Waals surface area contributed by atoms with Crippen LogP contribution in [0.25, 0.3) is 0 Å². The van der Waals surface area contributed by atoms with Gasteiger partial charge in [-0.15, -0.1) is 0 Å². The van der Waals surface area contributed by atoms with Gasteiger partial charge in [0.2, 0.25) is 0 Å². The number of carboxylic acid groups (broad SMARTS) is 1. The van der Waals surface area contributed by atoms with Gasteiger partial charge in [-0.1, -0.05) is 32.9 Å². The van der Waals surface area contributed by atoms with Gasteiger partial charge in [0.05, 0.1) is 0 Å². The third kappa shape index (κ3) is 3.15. The molecule has 172 valence electrons. The smallest absolute Gasteiger partial charge is 0.331 e. The Balaban J connectivity index is 1.69. The van der Waals surface area contributed by atoms with E-state index in [2.05, 4.69) is 41.2 Å². The van der Waals surface area contributed by atoms with Gasteiger partial charge >= 0.3 is 11.9 Å². The number of carbonyl (C=O) groups excluding carboxylic acids is 1. The molecule has 0 aromatic carbocycles. The molecule has 0 amide bonds. The second-order valence-electron chi connectivity index (χ2n) is 12.0. The molecule has 3 saturated carbocycles. The predicted molar refractivity (Wildman–Crippen MR) is 121 cm³/mol. The average Bonchev–Trinajstić information content (AvgIpc) is 3.21. The van der Waals surface area contributed by atoms with Crippen molar-refractivity contribution in [2.24, 2.45) is 39.9 Å². The zero-order valence-electron chi connectivity index (χ0n) is 20.0. The van der Waals surface area contributed by atoms with Crippen LogP contribution in [0.1, 0.15) is 86.0 Å². The van der Waals surface area contributed by atoms with Crippen molar-refractivity contribution < 1.29 is 19.4 Å². The molecule has 4 rings (SSSR count). The highest BCUT2D eigenvalue weighted by molar-refractivity contribution is 5.85. The first-order chi connectivity index (χ1) is 14.4. The maximum Gasteiger partial charge on any atom is 0.331 e. The summed E-state index contributed by atoms with van der Waals surface area (Å²) < 4.78 is 5.82. The van der Waals surface area contributed by atoms with Gasteiger partial charge in [-0.3, -0.25) is 4.79 Å². The number of fused-ring (bicyclic) bond motifs is 3. The minimum Gasteiger partial charge on any atom is -0.481 e. The fraction of sp³-hybridized carbons (Fsp3) is 0.778. The SMILES string of the molecule is C=C(C)C1CCC2(C)C(CCC3C(C4(C)C=CC(=O)O4)CCC32C)C1(C)CCC(=O)O. The van der Waals surface area contributed by atoms with Gasteiger partial charge in [-0.05, 0) is 98.9 Å². The molecule has 4 aliphatic rings. The summed E-state index contributed by atoms with van der Waals surface area (Å²) in [4.78, 5) is 23.4. The number of aliphatic carboxylic acids is 1. The van der Waals surface area contributed by atoms with Crippen LogP contribution >= 0.6 is 0 Å². The Labute approximate surface area is 187 Å². The number of hydrogen-bond acceptors (Lipinski definition) is 3. The highest BCUT2D eigenvalue weighted by Gasteiger charge is 2.67. The minimum absolute atomic E-state index is 0.0348. The molecule has 8 atom stereocenters. The van der Waals surface area contributed by atoms with Crippen LogP contribution in [-0.2, 0) is 14.3 Å². The first-order valence-electron chi connectivity index (χ1n) is 12.2. The fourth-order valence-electron chi connectivity index (χ4n) is 9.05. The molecule has 0 aromatic heterocycles. The maximum atomic E-state index is 11.9. The molecular weight excluding hydrogens is 388 g/mol. The molecule has 4 heteroatoms.